The fourth-order valence-electron chi connectivity index (χ4n) is 4.78. The van der Waals surface area contributed by atoms with E-state index in [0.717, 1.165) is 16.9 Å². The van der Waals surface area contributed by atoms with Gasteiger partial charge >= 0.3 is 5.97 Å². The van der Waals surface area contributed by atoms with Crippen molar-refractivity contribution < 1.29 is 28.7 Å². The van der Waals surface area contributed by atoms with Crippen molar-refractivity contribution in [3.63, 3.8) is 0 Å². The van der Waals surface area contributed by atoms with E-state index < -0.39 is 22.5 Å². The Labute approximate surface area is 256 Å². The molecule has 0 amide bonds. The first-order valence-corrected chi connectivity index (χ1v) is 14.4. The number of rotatable bonds is 11. The van der Waals surface area contributed by atoms with Crippen LogP contribution < -0.4 is 24.4 Å². The zero-order valence-electron chi connectivity index (χ0n) is 24.2. The molecule has 4 aromatic rings. The van der Waals surface area contributed by atoms with Crippen molar-refractivity contribution in [1.29, 1.82) is 0 Å². The highest BCUT2D eigenvalue weighted by Crippen LogP contribution is 2.36. The number of nitro benzene ring substituents is 1. The minimum atomic E-state index is -0.898. The number of non-ortho nitro benzene ring substituents is 1. The van der Waals surface area contributed by atoms with Gasteiger partial charge in [0.1, 0.15) is 13.2 Å². The minimum absolute atomic E-state index is 0.0195. The van der Waals surface area contributed by atoms with Gasteiger partial charge in [-0.15, -0.1) is 0 Å². The molecule has 0 saturated heterocycles. The standard InChI is InChI=1S/C32H29N3O8S/c1-20-28(31(37)42-15-14-40-2)29(23-12-13-25(26(18-23)41-3)43-19-21-8-5-4-6-9-21)34-30(36)27(44-32(34)33-20)17-22-10-7-11-24(16-22)35(38)39/h4-13,16-18,29H,14-15,19H2,1-3H3/b27-17-. The quantitative estimate of drug-likeness (QED) is 0.107. The summed E-state index contributed by atoms with van der Waals surface area (Å²) in [7, 11) is 3.02. The van der Waals surface area contributed by atoms with Crippen LogP contribution in [-0.4, -0.2) is 42.9 Å². The molecule has 12 heteroatoms. The van der Waals surface area contributed by atoms with Crippen LogP contribution in [0.5, 0.6) is 11.5 Å². The van der Waals surface area contributed by atoms with Crippen molar-refractivity contribution >= 4 is 29.1 Å². The van der Waals surface area contributed by atoms with Crippen LogP contribution >= 0.6 is 11.3 Å². The summed E-state index contributed by atoms with van der Waals surface area (Å²) in [5, 5.41) is 11.3. The molecule has 0 aliphatic carbocycles. The third-order valence-corrected chi connectivity index (χ3v) is 7.86. The minimum Gasteiger partial charge on any atom is -0.493 e. The molecule has 1 atom stereocenters. The van der Waals surface area contributed by atoms with Crippen LogP contribution in [0.15, 0.2) is 93.9 Å². The van der Waals surface area contributed by atoms with Gasteiger partial charge in [-0.1, -0.05) is 59.9 Å². The molecular weight excluding hydrogens is 586 g/mol. The number of fused-ring (bicyclic) bond motifs is 1. The van der Waals surface area contributed by atoms with Crippen LogP contribution in [0.25, 0.3) is 6.08 Å². The first-order valence-electron chi connectivity index (χ1n) is 13.6. The second-order valence-corrected chi connectivity index (χ2v) is 10.8. The van der Waals surface area contributed by atoms with E-state index in [1.165, 1.54) is 30.9 Å². The number of carbonyl (C=O) groups is 1. The van der Waals surface area contributed by atoms with Crippen LogP contribution in [0.4, 0.5) is 5.69 Å². The molecule has 3 aromatic carbocycles. The Kier molecular flexibility index (Phi) is 9.32. The zero-order valence-corrected chi connectivity index (χ0v) is 25.0. The number of ether oxygens (including phenoxy) is 4. The molecule has 11 nitrogen and oxygen atoms in total. The van der Waals surface area contributed by atoms with E-state index >= 15 is 0 Å². The van der Waals surface area contributed by atoms with Gasteiger partial charge in [-0.05, 0) is 41.8 Å². The summed E-state index contributed by atoms with van der Waals surface area (Å²) in [6, 6.07) is 20.0. The van der Waals surface area contributed by atoms with Gasteiger partial charge in [0.05, 0.1) is 40.5 Å². The van der Waals surface area contributed by atoms with Crippen molar-refractivity contribution in [2.45, 2.75) is 19.6 Å². The molecule has 2 heterocycles. The molecule has 226 valence electrons. The number of aromatic nitrogens is 1. The Morgan fingerprint density at radius 1 is 1.05 bits per heavy atom. The third kappa shape index (κ3) is 6.46. The Hall–Kier alpha value is -5.07. The number of benzene rings is 3. The van der Waals surface area contributed by atoms with Crippen LogP contribution in [-0.2, 0) is 20.9 Å². The fourth-order valence-corrected chi connectivity index (χ4v) is 5.83. The number of nitro groups is 1. The van der Waals surface area contributed by atoms with Crippen LogP contribution in [0.2, 0.25) is 0 Å². The molecule has 5 rings (SSSR count). The smallest absolute Gasteiger partial charge is 0.338 e. The van der Waals surface area contributed by atoms with Gasteiger partial charge in [0, 0.05) is 19.2 Å². The van der Waals surface area contributed by atoms with Gasteiger partial charge in [-0.3, -0.25) is 19.5 Å². The highest BCUT2D eigenvalue weighted by atomic mass is 32.1. The molecule has 1 aliphatic rings. The lowest BCUT2D eigenvalue weighted by Crippen LogP contribution is -2.40. The van der Waals surface area contributed by atoms with E-state index in [9.17, 15) is 19.7 Å². The van der Waals surface area contributed by atoms with Crippen molar-refractivity contribution in [1.82, 2.24) is 4.57 Å². The van der Waals surface area contributed by atoms with Crippen LogP contribution in [0.3, 0.4) is 0 Å². The normalized spacial score (nSPS) is 14.5. The second kappa shape index (κ2) is 13.5. The molecule has 1 aliphatic heterocycles. The number of esters is 1. The van der Waals surface area contributed by atoms with E-state index in [2.05, 4.69) is 4.99 Å². The molecule has 1 aromatic heterocycles. The maximum Gasteiger partial charge on any atom is 0.338 e. The lowest BCUT2D eigenvalue weighted by atomic mass is 9.95. The van der Waals surface area contributed by atoms with Crippen LogP contribution in [0, 0.1) is 10.1 Å². The van der Waals surface area contributed by atoms with E-state index in [0.29, 0.717) is 44.3 Å². The number of hydrogen-bond acceptors (Lipinski definition) is 10. The highest BCUT2D eigenvalue weighted by Gasteiger charge is 2.34. The number of methoxy groups -OCH3 is 2. The predicted octanol–water partition coefficient (Wildman–Crippen LogP) is 3.92. The maximum absolute atomic E-state index is 13.9. The molecule has 44 heavy (non-hydrogen) atoms. The average Bonchev–Trinajstić information content (AvgIpc) is 3.33. The SMILES string of the molecule is COCCOC(=O)C1=C(C)N=c2s/c(=C\c3cccc([N+](=O)[O-])c3)c(=O)n2C1c1ccc(OCc2ccccc2)c(OC)c1. The lowest BCUT2D eigenvalue weighted by molar-refractivity contribution is -0.384. The average molecular weight is 616 g/mol. The van der Waals surface area contributed by atoms with Gasteiger partial charge in [-0.25, -0.2) is 9.79 Å². The number of hydrogen-bond donors (Lipinski definition) is 0. The topological polar surface area (TPSA) is 131 Å². The van der Waals surface area contributed by atoms with Crippen molar-refractivity contribution in [3.8, 4) is 11.5 Å². The first-order chi connectivity index (χ1) is 21.3. The summed E-state index contributed by atoms with van der Waals surface area (Å²) in [5.41, 5.74) is 2.11. The molecule has 0 bridgehead atoms. The van der Waals surface area contributed by atoms with E-state index in [4.69, 9.17) is 18.9 Å². The summed E-state index contributed by atoms with van der Waals surface area (Å²) in [5.74, 6) is 0.270. The first kappa shape index (κ1) is 30.4. The number of carbonyl (C=O) groups excluding carboxylic acids is 1. The van der Waals surface area contributed by atoms with Crippen LogP contribution in [0.1, 0.15) is 29.7 Å². The van der Waals surface area contributed by atoms with Gasteiger partial charge < -0.3 is 18.9 Å². The third-order valence-electron chi connectivity index (χ3n) is 6.88. The maximum atomic E-state index is 13.9. The lowest BCUT2D eigenvalue weighted by Gasteiger charge is -2.25. The van der Waals surface area contributed by atoms with Crippen molar-refractivity contribution in [2.75, 3.05) is 27.4 Å². The summed E-state index contributed by atoms with van der Waals surface area (Å²) < 4.78 is 23.9. The van der Waals surface area contributed by atoms with Gasteiger partial charge in [-0.2, -0.15) is 0 Å². The summed E-state index contributed by atoms with van der Waals surface area (Å²) in [4.78, 5) is 43.1. The van der Waals surface area contributed by atoms with Crippen molar-refractivity contribution in [2.24, 2.45) is 4.99 Å². The molecule has 1 unspecified atom stereocenters. The molecule has 0 spiro atoms. The zero-order chi connectivity index (χ0) is 31.2. The summed E-state index contributed by atoms with van der Waals surface area (Å²) >= 11 is 1.12. The number of thiazole rings is 1. The summed E-state index contributed by atoms with van der Waals surface area (Å²) in [6.45, 7) is 2.23. The van der Waals surface area contributed by atoms with Crippen molar-refractivity contribution in [3.05, 3.63) is 131 Å². The fraction of sp³-hybridized carbons (Fsp3) is 0.219. The van der Waals surface area contributed by atoms with E-state index in [-0.39, 0.29) is 24.5 Å². The monoisotopic (exact) mass is 615 g/mol. The second-order valence-electron chi connectivity index (χ2n) is 9.75. The van der Waals surface area contributed by atoms with Gasteiger partial charge in [0.25, 0.3) is 11.2 Å². The Balaban J connectivity index is 1.61. The Morgan fingerprint density at radius 2 is 1.84 bits per heavy atom. The molecular formula is C32H29N3O8S. The molecule has 0 saturated carbocycles. The Bertz CT molecular complexity index is 1910. The molecule has 0 fully saturated rings. The Morgan fingerprint density at radius 3 is 2.57 bits per heavy atom. The molecule has 0 N–H and O–H groups in total. The molecule has 0 radical (unpaired) electrons. The number of allylic oxidation sites excluding steroid dienone is 1. The van der Waals surface area contributed by atoms with E-state index in [1.807, 2.05) is 30.3 Å². The van der Waals surface area contributed by atoms with Gasteiger partial charge in [0.15, 0.2) is 16.3 Å². The summed E-state index contributed by atoms with van der Waals surface area (Å²) in [6.07, 6.45) is 1.57. The number of nitrogens with zero attached hydrogens (tertiary/aromatic N) is 3. The highest BCUT2D eigenvalue weighted by molar-refractivity contribution is 7.07. The largest absolute Gasteiger partial charge is 0.493 e. The van der Waals surface area contributed by atoms with Gasteiger partial charge in [0.2, 0.25) is 0 Å². The predicted molar refractivity (Wildman–Crippen MR) is 163 cm³/mol. The van der Waals surface area contributed by atoms with E-state index in [1.54, 1.807) is 43.3 Å².